The third kappa shape index (κ3) is 6.77. The number of imidazole rings is 1. The highest BCUT2D eigenvalue weighted by Gasteiger charge is 2.21. The summed E-state index contributed by atoms with van der Waals surface area (Å²) in [7, 11) is 0. The van der Waals surface area contributed by atoms with Gasteiger partial charge in [0.2, 0.25) is 5.91 Å². The molecule has 6 rings (SSSR count). The Morgan fingerprint density at radius 2 is 1.76 bits per heavy atom. The second-order valence-electron chi connectivity index (χ2n) is 10.8. The minimum atomic E-state index is -0.661. The van der Waals surface area contributed by atoms with Gasteiger partial charge in [-0.1, -0.05) is 36.4 Å². The molecule has 11 nitrogen and oxygen atoms in total. The summed E-state index contributed by atoms with van der Waals surface area (Å²) in [5.74, 6) is 5.76. The number of nitrogens with two attached hydrogens (primary N) is 2. The average Bonchev–Trinajstić information content (AvgIpc) is 3.46. The molecule has 2 amide bonds. The molecule has 0 aliphatic carbocycles. The zero-order valence-corrected chi connectivity index (χ0v) is 24.8. The molecule has 1 atom stereocenters. The first kappa shape index (κ1) is 29.7. The van der Waals surface area contributed by atoms with Gasteiger partial charge in [0, 0.05) is 36.1 Å². The highest BCUT2D eigenvalue weighted by molar-refractivity contribution is 5.94. The van der Waals surface area contributed by atoms with Crippen LogP contribution in [0.25, 0.3) is 27.8 Å². The number of carbonyl (C=O) groups excluding carboxylic acids is 2. The van der Waals surface area contributed by atoms with Crippen molar-refractivity contribution < 1.29 is 14.3 Å². The Labute approximate surface area is 260 Å². The first-order valence-corrected chi connectivity index (χ1v) is 15.0. The first-order valence-electron chi connectivity index (χ1n) is 15.0. The minimum Gasteiger partial charge on any atom is -0.378 e. The molecule has 0 radical (unpaired) electrons. The number of anilines is 1. The van der Waals surface area contributed by atoms with Crippen molar-refractivity contribution in [2.75, 3.05) is 37.7 Å². The van der Waals surface area contributed by atoms with Crippen LogP contribution in [-0.2, 0) is 9.53 Å². The van der Waals surface area contributed by atoms with E-state index < -0.39 is 11.9 Å². The van der Waals surface area contributed by atoms with E-state index >= 15 is 0 Å². The van der Waals surface area contributed by atoms with E-state index in [1.54, 1.807) is 18.3 Å². The van der Waals surface area contributed by atoms with Crippen LogP contribution in [0.1, 0.15) is 41.0 Å². The van der Waals surface area contributed by atoms with Crippen LogP contribution in [-0.4, -0.2) is 70.3 Å². The zero-order chi connectivity index (χ0) is 31.2. The van der Waals surface area contributed by atoms with E-state index in [9.17, 15) is 9.59 Å². The molecule has 0 bridgehead atoms. The molecule has 11 heteroatoms. The molecule has 3 aromatic heterocycles. The molecule has 5 aromatic rings. The molecule has 1 saturated heterocycles. The third-order valence-corrected chi connectivity index (χ3v) is 7.77. The Hall–Kier alpha value is -5.31. The molecule has 228 valence electrons. The van der Waals surface area contributed by atoms with Gasteiger partial charge in [-0.25, -0.2) is 14.5 Å². The molecule has 1 unspecified atom stereocenters. The second-order valence-corrected chi connectivity index (χ2v) is 10.8. The number of primary amides is 1. The quantitative estimate of drug-likeness (QED) is 0.172. The predicted octanol–water partition coefficient (Wildman–Crippen LogP) is 2.89. The molecule has 4 heterocycles. The number of unbranched alkanes of at least 4 members (excludes halogenated alkanes) is 1. The van der Waals surface area contributed by atoms with E-state index in [-0.39, 0.29) is 5.91 Å². The van der Waals surface area contributed by atoms with E-state index in [1.165, 1.54) is 0 Å². The van der Waals surface area contributed by atoms with Gasteiger partial charge >= 0.3 is 0 Å². The summed E-state index contributed by atoms with van der Waals surface area (Å²) in [4.78, 5) is 35.8. The standard InChI is InChI=1S/C34H34N8O3/c35-27(32(36)43)6-3-4-17-37-34(44)25-10-8-24(9-11-25)31-29(15-14-26-13-12-23-5-1-2-7-28(23)39-26)40-33-30(16-18-38-42(31)33)41-19-21-45-22-20-41/h1-2,5,7-13,16,18,27H,3-4,6,17,19-22,35H2,(H2,36,43)(H,37,44). The summed E-state index contributed by atoms with van der Waals surface area (Å²) >= 11 is 0. The number of benzene rings is 2. The fraction of sp³-hybridized carbons (Fsp3) is 0.265. The van der Waals surface area contributed by atoms with Crippen LogP contribution in [0.5, 0.6) is 0 Å². The number of fused-ring (bicyclic) bond motifs is 2. The number of hydrogen-bond donors (Lipinski definition) is 3. The molecule has 1 aliphatic rings. The molecule has 45 heavy (non-hydrogen) atoms. The molecule has 1 aliphatic heterocycles. The van der Waals surface area contributed by atoms with Crippen LogP contribution in [0.3, 0.4) is 0 Å². The zero-order valence-electron chi connectivity index (χ0n) is 24.8. The maximum atomic E-state index is 12.8. The summed E-state index contributed by atoms with van der Waals surface area (Å²) < 4.78 is 7.38. The fourth-order valence-corrected chi connectivity index (χ4v) is 5.31. The number of pyridine rings is 1. The average molecular weight is 603 g/mol. The van der Waals surface area contributed by atoms with E-state index in [0.717, 1.165) is 40.9 Å². The van der Waals surface area contributed by atoms with Gasteiger partial charge in [-0.3, -0.25) is 9.59 Å². The number of nitrogens with one attached hydrogen (secondary N) is 1. The summed E-state index contributed by atoms with van der Waals surface area (Å²) in [6, 6.07) is 20.5. The lowest BCUT2D eigenvalue weighted by molar-refractivity contribution is -0.119. The van der Waals surface area contributed by atoms with Crippen molar-refractivity contribution >= 4 is 34.1 Å². The monoisotopic (exact) mass is 602 g/mol. The first-order chi connectivity index (χ1) is 22.0. The van der Waals surface area contributed by atoms with Gasteiger partial charge in [0.25, 0.3) is 5.91 Å². The molecular weight excluding hydrogens is 568 g/mol. The smallest absolute Gasteiger partial charge is 0.251 e. The van der Waals surface area contributed by atoms with E-state index in [0.29, 0.717) is 61.6 Å². The number of para-hydroxylation sites is 1. The summed E-state index contributed by atoms with van der Waals surface area (Å²) in [5, 5.41) is 8.63. The van der Waals surface area contributed by atoms with Crippen molar-refractivity contribution in [2.24, 2.45) is 11.5 Å². The second kappa shape index (κ2) is 13.5. The van der Waals surface area contributed by atoms with Gasteiger partial charge < -0.3 is 26.4 Å². The van der Waals surface area contributed by atoms with Gasteiger partial charge in [0.15, 0.2) is 5.65 Å². The number of amides is 2. The van der Waals surface area contributed by atoms with E-state index in [1.807, 2.05) is 59.1 Å². The summed E-state index contributed by atoms with van der Waals surface area (Å²) in [5.41, 5.74) is 16.7. The molecular formula is C34H34N8O3. The van der Waals surface area contributed by atoms with Gasteiger partial charge in [-0.15, -0.1) is 0 Å². The van der Waals surface area contributed by atoms with Crippen LogP contribution < -0.4 is 21.7 Å². The number of ether oxygens (including phenoxy) is 1. The lowest BCUT2D eigenvalue weighted by atomic mass is 10.1. The summed E-state index contributed by atoms with van der Waals surface area (Å²) in [6.07, 6.45) is 3.64. The fourth-order valence-electron chi connectivity index (χ4n) is 5.31. The van der Waals surface area contributed by atoms with Crippen LogP contribution in [0.15, 0.2) is 72.9 Å². The van der Waals surface area contributed by atoms with Crippen molar-refractivity contribution in [2.45, 2.75) is 25.3 Å². The predicted molar refractivity (Wildman–Crippen MR) is 173 cm³/mol. The summed E-state index contributed by atoms with van der Waals surface area (Å²) in [6.45, 7) is 3.27. The van der Waals surface area contributed by atoms with Crippen molar-refractivity contribution in [3.63, 3.8) is 0 Å². The molecule has 0 saturated carbocycles. The maximum absolute atomic E-state index is 12.8. The van der Waals surface area contributed by atoms with Crippen molar-refractivity contribution in [1.82, 2.24) is 24.9 Å². The number of nitrogens with zero attached hydrogens (tertiary/aromatic N) is 5. The van der Waals surface area contributed by atoms with Gasteiger partial charge in [-0.2, -0.15) is 5.10 Å². The minimum absolute atomic E-state index is 0.186. The number of hydrogen-bond acceptors (Lipinski definition) is 8. The van der Waals surface area contributed by atoms with Crippen molar-refractivity contribution in [3.05, 3.63) is 89.9 Å². The Balaban J connectivity index is 1.29. The number of aromatic nitrogens is 4. The molecule has 1 fully saturated rings. The Bertz CT molecular complexity index is 1900. The number of morpholine rings is 1. The largest absolute Gasteiger partial charge is 0.378 e. The Morgan fingerprint density at radius 3 is 2.56 bits per heavy atom. The lowest BCUT2D eigenvalue weighted by Gasteiger charge is -2.28. The third-order valence-electron chi connectivity index (χ3n) is 7.77. The van der Waals surface area contributed by atoms with Crippen LogP contribution in [0.4, 0.5) is 5.69 Å². The maximum Gasteiger partial charge on any atom is 0.251 e. The highest BCUT2D eigenvalue weighted by atomic mass is 16.5. The van der Waals surface area contributed by atoms with E-state index in [4.69, 9.17) is 26.2 Å². The van der Waals surface area contributed by atoms with Gasteiger partial charge in [0.1, 0.15) is 17.1 Å². The van der Waals surface area contributed by atoms with Crippen molar-refractivity contribution in [1.29, 1.82) is 0 Å². The Morgan fingerprint density at radius 1 is 0.956 bits per heavy atom. The molecule has 2 aromatic carbocycles. The molecule has 5 N–H and O–H groups in total. The SMILES string of the molecule is NC(=O)C(N)CCCCNC(=O)c1ccc(-c2c(C#Cc3ccc4ccccc4n3)nc3c(N4CCOCC4)ccnn23)cc1. The van der Waals surface area contributed by atoms with Crippen molar-refractivity contribution in [3.8, 4) is 23.1 Å². The molecule has 0 spiro atoms. The topological polar surface area (TPSA) is 154 Å². The Kier molecular flexibility index (Phi) is 8.96. The van der Waals surface area contributed by atoms with E-state index in [2.05, 4.69) is 27.2 Å². The highest BCUT2D eigenvalue weighted by Crippen LogP contribution is 2.29. The lowest BCUT2D eigenvalue weighted by Crippen LogP contribution is -2.36. The normalized spacial score (nSPS) is 13.8. The van der Waals surface area contributed by atoms with Crippen LogP contribution in [0.2, 0.25) is 0 Å². The van der Waals surface area contributed by atoms with Gasteiger partial charge in [-0.05, 0) is 61.4 Å². The number of rotatable bonds is 9. The van der Waals surface area contributed by atoms with Gasteiger partial charge in [0.05, 0.1) is 36.7 Å². The van der Waals surface area contributed by atoms with Crippen LogP contribution in [0, 0.1) is 11.8 Å². The van der Waals surface area contributed by atoms with Crippen LogP contribution >= 0.6 is 0 Å². The number of carbonyl (C=O) groups is 2.